The van der Waals surface area contributed by atoms with Crippen molar-refractivity contribution < 1.29 is 19.4 Å². The Kier molecular flexibility index (Phi) is 6.37. The normalized spacial score (nSPS) is 11.0. The molecule has 122 valence electrons. The summed E-state index contributed by atoms with van der Waals surface area (Å²) in [5.74, 6) is -0.752. The highest BCUT2D eigenvalue weighted by molar-refractivity contribution is 5.90. The number of β-amino-alcohol motifs (C(OH)–C–C–N with tert-alkyl or cyclic N) is 1. The molecule has 0 aliphatic carbocycles. The molecule has 6 nitrogen and oxygen atoms in total. The maximum absolute atomic E-state index is 11.8. The molecule has 6 heteroatoms. The number of benzene rings is 1. The number of rotatable bonds is 6. The third-order valence-corrected chi connectivity index (χ3v) is 3.07. The first kappa shape index (κ1) is 18.0. The second-order valence-electron chi connectivity index (χ2n) is 5.90. The van der Waals surface area contributed by atoms with Crippen LogP contribution in [0.3, 0.4) is 0 Å². The molecule has 22 heavy (non-hydrogen) atoms. The molecule has 0 unspecified atom stereocenters. The van der Waals surface area contributed by atoms with Gasteiger partial charge in [-0.25, -0.2) is 4.79 Å². The first-order valence-corrected chi connectivity index (χ1v) is 7.16. The Balaban J connectivity index is 2.76. The van der Waals surface area contributed by atoms with E-state index in [-0.39, 0.29) is 24.8 Å². The lowest BCUT2D eigenvalue weighted by atomic mass is 10.0. The fraction of sp³-hybridized carbons (Fsp3) is 0.500. The van der Waals surface area contributed by atoms with Gasteiger partial charge in [-0.2, -0.15) is 0 Å². The highest BCUT2D eigenvalue weighted by Gasteiger charge is 2.21. The van der Waals surface area contributed by atoms with Gasteiger partial charge in [-0.1, -0.05) is 0 Å². The highest BCUT2D eigenvalue weighted by atomic mass is 16.5. The lowest BCUT2D eigenvalue weighted by molar-refractivity contribution is -0.120. The second kappa shape index (κ2) is 7.79. The van der Waals surface area contributed by atoms with Crippen molar-refractivity contribution in [1.29, 1.82) is 0 Å². The minimum atomic E-state index is -0.496. The monoisotopic (exact) mass is 308 g/mol. The molecule has 1 aromatic rings. The summed E-state index contributed by atoms with van der Waals surface area (Å²) in [6, 6.07) is 6.97. The zero-order valence-corrected chi connectivity index (χ0v) is 13.5. The summed E-state index contributed by atoms with van der Waals surface area (Å²) < 4.78 is 4.93. The molecule has 0 spiro atoms. The van der Waals surface area contributed by atoms with Crippen molar-refractivity contribution in [3.8, 4) is 0 Å². The summed E-state index contributed by atoms with van der Waals surface area (Å²) in [5, 5.41) is 11.6. The van der Waals surface area contributed by atoms with Crippen LogP contribution in [0.4, 0.5) is 5.69 Å². The standard InChI is InChI=1S/C16H24N2O4/c1-12(20)17-11-22-15(21)13-5-7-14(8-6-13)18(9-10-19)16(2,3)4/h5-8,19H,9-11H2,1-4H3,(H,17,20). The van der Waals surface area contributed by atoms with Crippen LogP contribution in [0.1, 0.15) is 38.1 Å². The van der Waals surface area contributed by atoms with Gasteiger partial charge < -0.3 is 20.1 Å². The average Bonchev–Trinajstić information content (AvgIpc) is 2.43. The fourth-order valence-corrected chi connectivity index (χ4v) is 2.02. The quantitative estimate of drug-likeness (QED) is 0.615. The van der Waals surface area contributed by atoms with Crippen molar-refractivity contribution in [3.05, 3.63) is 29.8 Å². The highest BCUT2D eigenvalue weighted by Crippen LogP contribution is 2.23. The van der Waals surface area contributed by atoms with E-state index in [1.54, 1.807) is 12.1 Å². The Morgan fingerprint density at radius 2 is 1.82 bits per heavy atom. The van der Waals surface area contributed by atoms with Crippen LogP contribution in [0.15, 0.2) is 24.3 Å². The van der Waals surface area contributed by atoms with E-state index in [0.29, 0.717) is 12.1 Å². The third kappa shape index (κ3) is 5.37. The number of anilines is 1. The zero-order valence-electron chi connectivity index (χ0n) is 13.5. The van der Waals surface area contributed by atoms with E-state index >= 15 is 0 Å². The fourth-order valence-electron chi connectivity index (χ4n) is 2.02. The van der Waals surface area contributed by atoms with Gasteiger partial charge >= 0.3 is 5.97 Å². The lowest BCUT2D eigenvalue weighted by Gasteiger charge is -2.37. The van der Waals surface area contributed by atoms with Crippen molar-refractivity contribution in [1.82, 2.24) is 5.32 Å². The summed E-state index contributed by atoms with van der Waals surface area (Å²) in [4.78, 5) is 24.6. The van der Waals surface area contributed by atoms with Crippen molar-refractivity contribution in [2.24, 2.45) is 0 Å². The molecule has 0 atom stereocenters. The molecule has 2 N–H and O–H groups in total. The number of hydrogen-bond donors (Lipinski definition) is 2. The molecule has 1 amide bonds. The predicted molar refractivity (Wildman–Crippen MR) is 84.7 cm³/mol. The van der Waals surface area contributed by atoms with E-state index in [1.807, 2.05) is 12.1 Å². The van der Waals surface area contributed by atoms with E-state index in [0.717, 1.165) is 5.69 Å². The van der Waals surface area contributed by atoms with Crippen LogP contribution < -0.4 is 10.2 Å². The van der Waals surface area contributed by atoms with Gasteiger partial charge in [0.1, 0.15) is 0 Å². The minimum Gasteiger partial charge on any atom is -0.441 e. The molecule has 0 saturated heterocycles. The van der Waals surface area contributed by atoms with Crippen molar-refractivity contribution in [2.75, 3.05) is 24.8 Å². The van der Waals surface area contributed by atoms with Crippen LogP contribution in [0.5, 0.6) is 0 Å². The molecule has 0 radical (unpaired) electrons. The van der Waals surface area contributed by atoms with E-state index < -0.39 is 5.97 Å². The third-order valence-electron chi connectivity index (χ3n) is 3.07. The van der Waals surface area contributed by atoms with Gasteiger partial charge in [0, 0.05) is 24.7 Å². The van der Waals surface area contributed by atoms with Crippen LogP contribution >= 0.6 is 0 Å². The van der Waals surface area contributed by atoms with Crippen LogP contribution in [0.25, 0.3) is 0 Å². The van der Waals surface area contributed by atoms with Crippen LogP contribution in [-0.4, -0.2) is 42.4 Å². The van der Waals surface area contributed by atoms with Crippen molar-refractivity contribution >= 4 is 17.6 Å². The number of carbonyl (C=O) groups excluding carboxylic acids is 2. The van der Waals surface area contributed by atoms with Gasteiger partial charge in [0.25, 0.3) is 0 Å². The Morgan fingerprint density at radius 3 is 2.27 bits per heavy atom. The molecular weight excluding hydrogens is 284 g/mol. The first-order valence-electron chi connectivity index (χ1n) is 7.16. The maximum Gasteiger partial charge on any atom is 0.339 e. The van der Waals surface area contributed by atoms with Gasteiger partial charge in [-0.05, 0) is 45.0 Å². The number of aliphatic hydroxyl groups excluding tert-OH is 1. The molecule has 0 aromatic heterocycles. The zero-order chi connectivity index (χ0) is 16.8. The van der Waals surface area contributed by atoms with Crippen molar-refractivity contribution in [3.63, 3.8) is 0 Å². The molecular formula is C16H24N2O4. The van der Waals surface area contributed by atoms with E-state index in [1.165, 1.54) is 6.92 Å². The van der Waals surface area contributed by atoms with Gasteiger partial charge in [-0.3, -0.25) is 4.79 Å². The molecule has 0 aliphatic heterocycles. The maximum atomic E-state index is 11.8. The summed E-state index contributed by atoms with van der Waals surface area (Å²) in [5.41, 5.74) is 1.18. The molecule has 0 heterocycles. The number of ether oxygens (including phenoxy) is 1. The van der Waals surface area contributed by atoms with Gasteiger partial charge in [0.15, 0.2) is 6.73 Å². The largest absolute Gasteiger partial charge is 0.441 e. The minimum absolute atomic E-state index is 0.0534. The van der Waals surface area contributed by atoms with E-state index in [2.05, 4.69) is 31.0 Å². The topological polar surface area (TPSA) is 78.9 Å². The van der Waals surface area contributed by atoms with E-state index in [9.17, 15) is 14.7 Å². The second-order valence-corrected chi connectivity index (χ2v) is 5.90. The number of nitrogens with one attached hydrogen (secondary N) is 1. The van der Waals surface area contributed by atoms with Crippen LogP contribution in [-0.2, 0) is 9.53 Å². The Morgan fingerprint density at radius 1 is 1.23 bits per heavy atom. The van der Waals surface area contributed by atoms with Gasteiger partial charge in [0.05, 0.1) is 12.2 Å². The number of esters is 1. The number of amides is 1. The first-order chi connectivity index (χ1) is 10.3. The smallest absolute Gasteiger partial charge is 0.339 e. The van der Waals surface area contributed by atoms with E-state index in [4.69, 9.17) is 4.74 Å². The Bertz CT molecular complexity index is 506. The number of hydrogen-bond acceptors (Lipinski definition) is 5. The molecule has 0 saturated carbocycles. The Hall–Kier alpha value is -2.08. The predicted octanol–water partition coefficient (Wildman–Crippen LogP) is 1.53. The van der Waals surface area contributed by atoms with Crippen LogP contribution in [0, 0.1) is 0 Å². The summed E-state index contributed by atoms with van der Waals surface area (Å²) >= 11 is 0. The number of aliphatic hydroxyl groups is 1. The molecule has 1 aromatic carbocycles. The summed E-state index contributed by atoms with van der Waals surface area (Å²) in [7, 11) is 0. The van der Waals surface area contributed by atoms with Gasteiger partial charge in [0.2, 0.25) is 5.91 Å². The summed E-state index contributed by atoms with van der Waals surface area (Å²) in [6.07, 6.45) is 0. The van der Waals surface area contributed by atoms with Crippen LogP contribution in [0.2, 0.25) is 0 Å². The molecule has 0 aliphatic rings. The number of nitrogens with zero attached hydrogens (tertiary/aromatic N) is 1. The van der Waals surface area contributed by atoms with Gasteiger partial charge in [-0.15, -0.1) is 0 Å². The summed E-state index contributed by atoms with van der Waals surface area (Å²) in [6.45, 7) is 7.93. The molecule has 0 fully saturated rings. The number of carbonyl (C=O) groups is 2. The molecule has 0 bridgehead atoms. The lowest BCUT2D eigenvalue weighted by Crippen LogP contribution is -2.43. The average molecular weight is 308 g/mol. The van der Waals surface area contributed by atoms with Crippen molar-refractivity contribution in [2.45, 2.75) is 33.2 Å². The SMILES string of the molecule is CC(=O)NCOC(=O)c1ccc(N(CCO)C(C)(C)C)cc1. The molecule has 1 rings (SSSR count). The Labute approximate surface area is 131 Å².